The first-order valence-electron chi connectivity index (χ1n) is 10.4. The number of halogens is 2. The molecular formula is C24H23Cl2NO6. The minimum absolute atomic E-state index is 0.0412. The molecule has 174 valence electrons. The molecule has 9 heteroatoms. The fourth-order valence-corrected chi connectivity index (χ4v) is 4.90. The Bertz CT molecular complexity index is 1090. The van der Waals surface area contributed by atoms with Crippen LogP contribution in [0.25, 0.3) is 5.76 Å². The van der Waals surface area contributed by atoms with Gasteiger partial charge in [0.1, 0.15) is 11.5 Å². The largest absolute Gasteiger partial charge is 0.507 e. The van der Waals surface area contributed by atoms with Crippen molar-refractivity contribution in [1.82, 2.24) is 4.90 Å². The third-order valence-corrected chi connectivity index (χ3v) is 6.43. The van der Waals surface area contributed by atoms with Gasteiger partial charge >= 0.3 is 0 Å². The van der Waals surface area contributed by atoms with Crippen molar-refractivity contribution in [2.45, 2.75) is 25.0 Å². The molecule has 7 nitrogen and oxygen atoms in total. The first-order valence-corrected chi connectivity index (χ1v) is 11.2. The molecule has 2 atom stereocenters. The number of ketones is 1. The van der Waals surface area contributed by atoms with E-state index >= 15 is 0 Å². The zero-order valence-electron chi connectivity index (χ0n) is 18.1. The number of nitrogens with zero attached hydrogens (tertiary/aromatic N) is 1. The van der Waals surface area contributed by atoms with Crippen LogP contribution in [0.15, 0.2) is 42.0 Å². The number of amides is 1. The van der Waals surface area contributed by atoms with E-state index in [-0.39, 0.29) is 45.3 Å². The Morgan fingerprint density at radius 3 is 2.33 bits per heavy atom. The van der Waals surface area contributed by atoms with Gasteiger partial charge in [0, 0.05) is 18.7 Å². The Balaban J connectivity index is 1.84. The number of likely N-dealkylation sites (tertiary alicyclic amines) is 1. The minimum Gasteiger partial charge on any atom is -0.507 e. The molecule has 2 aliphatic heterocycles. The van der Waals surface area contributed by atoms with Gasteiger partial charge in [-0.1, -0.05) is 35.3 Å². The second-order valence-electron chi connectivity index (χ2n) is 7.83. The summed E-state index contributed by atoms with van der Waals surface area (Å²) in [6.07, 6.45) is 1.51. The van der Waals surface area contributed by atoms with Gasteiger partial charge in [0.15, 0.2) is 5.75 Å². The average Bonchev–Trinajstić information content (AvgIpc) is 3.41. The SMILES string of the molecule is COc1ccc(C2/C(=C(\O)c3cc(Cl)c(OC)c(Cl)c3)C(=O)C(=O)N2CC2CCCO2)cc1. The quantitative estimate of drug-likeness (QED) is 0.360. The molecule has 0 bridgehead atoms. The number of carbonyl (C=O) groups excluding carboxylic acids is 2. The average molecular weight is 492 g/mol. The molecule has 2 heterocycles. The van der Waals surface area contributed by atoms with Crippen LogP contribution in [0.2, 0.25) is 10.0 Å². The summed E-state index contributed by atoms with van der Waals surface area (Å²) >= 11 is 12.5. The summed E-state index contributed by atoms with van der Waals surface area (Å²) < 4.78 is 16.1. The van der Waals surface area contributed by atoms with E-state index in [1.807, 2.05) is 0 Å². The number of methoxy groups -OCH3 is 2. The van der Waals surface area contributed by atoms with Gasteiger partial charge in [-0.15, -0.1) is 0 Å². The van der Waals surface area contributed by atoms with E-state index in [2.05, 4.69) is 0 Å². The van der Waals surface area contributed by atoms with E-state index in [1.54, 1.807) is 31.4 Å². The molecule has 4 rings (SSSR count). The van der Waals surface area contributed by atoms with Gasteiger partial charge in [0.25, 0.3) is 11.7 Å². The molecule has 1 amide bonds. The molecule has 0 aromatic heterocycles. The number of aliphatic hydroxyl groups is 1. The van der Waals surface area contributed by atoms with Crippen LogP contribution in [0, 0.1) is 0 Å². The second kappa shape index (κ2) is 9.63. The fourth-order valence-electron chi connectivity index (χ4n) is 4.26. The lowest BCUT2D eigenvalue weighted by Crippen LogP contribution is -2.36. The van der Waals surface area contributed by atoms with E-state index < -0.39 is 17.7 Å². The molecule has 1 N–H and O–H groups in total. The number of hydrogen-bond acceptors (Lipinski definition) is 6. The van der Waals surface area contributed by atoms with E-state index in [0.29, 0.717) is 17.9 Å². The smallest absolute Gasteiger partial charge is 0.295 e. The van der Waals surface area contributed by atoms with Crippen molar-refractivity contribution in [3.05, 3.63) is 63.1 Å². The summed E-state index contributed by atoms with van der Waals surface area (Å²) in [4.78, 5) is 27.7. The summed E-state index contributed by atoms with van der Waals surface area (Å²) in [6, 6.07) is 9.09. The predicted octanol–water partition coefficient (Wildman–Crippen LogP) is 4.61. The van der Waals surface area contributed by atoms with E-state index in [0.717, 1.165) is 12.8 Å². The Morgan fingerprint density at radius 2 is 1.79 bits per heavy atom. The molecule has 0 aliphatic carbocycles. The first-order chi connectivity index (χ1) is 15.8. The van der Waals surface area contributed by atoms with Gasteiger partial charge in [-0.25, -0.2) is 0 Å². The van der Waals surface area contributed by atoms with E-state index in [1.165, 1.54) is 24.1 Å². The fraction of sp³-hybridized carbons (Fsp3) is 0.333. The highest BCUT2D eigenvalue weighted by Gasteiger charge is 2.47. The molecule has 2 aromatic rings. The summed E-state index contributed by atoms with van der Waals surface area (Å²) in [5.41, 5.74) is 0.820. The zero-order chi connectivity index (χ0) is 23.7. The van der Waals surface area contributed by atoms with Crippen molar-refractivity contribution < 1.29 is 28.9 Å². The molecule has 2 aromatic carbocycles. The lowest BCUT2D eigenvalue weighted by molar-refractivity contribution is -0.140. The number of ether oxygens (including phenoxy) is 3. The highest BCUT2D eigenvalue weighted by atomic mass is 35.5. The van der Waals surface area contributed by atoms with Crippen LogP contribution in [0.1, 0.15) is 30.0 Å². The molecule has 0 radical (unpaired) electrons. The van der Waals surface area contributed by atoms with Gasteiger partial charge in [0.2, 0.25) is 0 Å². The lowest BCUT2D eigenvalue weighted by atomic mass is 9.95. The van der Waals surface area contributed by atoms with Gasteiger partial charge in [-0.05, 0) is 42.7 Å². The second-order valence-corrected chi connectivity index (χ2v) is 8.65. The van der Waals surface area contributed by atoms with Crippen molar-refractivity contribution >= 4 is 40.7 Å². The van der Waals surface area contributed by atoms with Crippen LogP contribution in [0.3, 0.4) is 0 Å². The summed E-state index contributed by atoms with van der Waals surface area (Å²) in [5, 5.41) is 11.5. The van der Waals surface area contributed by atoms with Crippen LogP contribution in [-0.2, 0) is 14.3 Å². The number of benzene rings is 2. The van der Waals surface area contributed by atoms with Gasteiger partial charge in [0.05, 0.1) is 42.0 Å². The van der Waals surface area contributed by atoms with Crippen molar-refractivity contribution in [3.8, 4) is 11.5 Å². The van der Waals surface area contributed by atoms with Crippen LogP contribution in [-0.4, -0.2) is 55.2 Å². The monoisotopic (exact) mass is 491 g/mol. The molecule has 0 saturated carbocycles. The van der Waals surface area contributed by atoms with Crippen molar-refractivity contribution in [2.24, 2.45) is 0 Å². The van der Waals surface area contributed by atoms with E-state index in [4.69, 9.17) is 37.4 Å². The third-order valence-electron chi connectivity index (χ3n) is 5.87. The van der Waals surface area contributed by atoms with Gasteiger partial charge in [-0.3, -0.25) is 9.59 Å². The Labute approximate surface area is 201 Å². The summed E-state index contributed by atoms with van der Waals surface area (Å²) in [6.45, 7) is 0.854. The summed E-state index contributed by atoms with van der Waals surface area (Å²) in [5.74, 6) is -0.965. The van der Waals surface area contributed by atoms with Crippen LogP contribution in [0.5, 0.6) is 11.5 Å². The van der Waals surface area contributed by atoms with E-state index in [9.17, 15) is 14.7 Å². The maximum Gasteiger partial charge on any atom is 0.295 e. The maximum absolute atomic E-state index is 13.1. The van der Waals surface area contributed by atoms with Gasteiger partial charge < -0.3 is 24.2 Å². The molecule has 33 heavy (non-hydrogen) atoms. The standard InChI is InChI=1S/C24H23Cl2NO6/c1-31-15-7-5-13(6-8-15)20-19(21(28)14-10-17(25)23(32-2)18(26)11-14)22(29)24(30)27(20)12-16-4-3-9-33-16/h5-8,10-11,16,20,28H,3-4,9,12H2,1-2H3/b21-19+. The van der Waals surface area contributed by atoms with Crippen molar-refractivity contribution in [2.75, 3.05) is 27.4 Å². The molecule has 2 unspecified atom stereocenters. The number of hydrogen-bond donors (Lipinski definition) is 1. The zero-order valence-corrected chi connectivity index (χ0v) is 19.7. The minimum atomic E-state index is -0.806. The lowest BCUT2D eigenvalue weighted by Gasteiger charge is -2.27. The Morgan fingerprint density at radius 1 is 1.12 bits per heavy atom. The topological polar surface area (TPSA) is 85.3 Å². The number of carbonyl (C=O) groups is 2. The number of rotatable bonds is 6. The highest BCUT2D eigenvalue weighted by Crippen LogP contribution is 2.42. The molecule has 2 saturated heterocycles. The van der Waals surface area contributed by atoms with Crippen molar-refractivity contribution in [1.29, 1.82) is 0 Å². The van der Waals surface area contributed by atoms with Crippen LogP contribution < -0.4 is 9.47 Å². The third kappa shape index (κ3) is 4.40. The number of Topliss-reactive ketones (excluding diaryl/α,β-unsaturated/α-hetero) is 1. The summed E-state index contributed by atoms with van der Waals surface area (Å²) in [7, 11) is 2.97. The van der Waals surface area contributed by atoms with Gasteiger partial charge in [-0.2, -0.15) is 0 Å². The van der Waals surface area contributed by atoms with Crippen LogP contribution in [0.4, 0.5) is 0 Å². The molecule has 2 aliphatic rings. The molecular weight excluding hydrogens is 469 g/mol. The van der Waals surface area contributed by atoms with Crippen LogP contribution >= 0.6 is 23.2 Å². The molecule has 0 spiro atoms. The van der Waals surface area contributed by atoms with Crippen molar-refractivity contribution in [3.63, 3.8) is 0 Å². The first kappa shape index (κ1) is 23.4. The normalized spacial score (nSPS) is 22.1. The highest BCUT2D eigenvalue weighted by molar-refractivity contribution is 6.46. The number of aliphatic hydroxyl groups excluding tert-OH is 1. The maximum atomic E-state index is 13.1. The Kier molecular flexibility index (Phi) is 6.83. The Hall–Kier alpha value is -2.74. The molecule has 2 fully saturated rings. The predicted molar refractivity (Wildman–Crippen MR) is 124 cm³/mol.